The Hall–Kier alpha value is -1.06. The minimum absolute atomic E-state index is 0.327. The van der Waals surface area contributed by atoms with E-state index in [-0.39, 0.29) is 0 Å². The van der Waals surface area contributed by atoms with Crippen molar-refractivity contribution >= 4 is 0 Å². The smallest absolute Gasteiger partial charge is 0.119 e. The van der Waals surface area contributed by atoms with Crippen LogP contribution in [0.5, 0.6) is 5.75 Å². The van der Waals surface area contributed by atoms with Crippen LogP contribution in [0.3, 0.4) is 0 Å². The van der Waals surface area contributed by atoms with Crippen molar-refractivity contribution in [2.45, 2.75) is 32.4 Å². The average Bonchev–Trinajstić information content (AvgIpc) is 2.34. The van der Waals surface area contributed by atoms with E-state index in [9.17, 15) is 5.11 Å². The Morgan fingerprint density at radius 2 is 2.00 bits per heavy atom. The molecule has 0 aliphatic rings. The highest BCUT2D eigenvalue weighted by atomic mass is 16.5. The largest absolute Gasteiger partial charge is 0.491 e. The number of aliphatic hydroxyl groups excluding tert-OH is 1. The summed E-state index contributed by atoms with van der Waals surface area (Å²) in [5.74, 6) is 0.796. The minimum Gasteiger partial charge on any atom is -0.491 e. The van der Waals surface area contributed by atoms with Crippen molar-refractivity contribution in [1.29, 1.82) is 0 Å². The first-order chi connectivity index (χ1) is 7.72. The molecule has 1 aromatic rings. The fourth-order valence-electron chi connectivity index (χ4n) is 1.25. The Balaban J connectivity index is 2.18. The molecule has 0 saturated heterocycles. The number of benzene rings is 1. The van der Waals surface area contributed by atoms with Crippen molar-refractivity contribution in [1.82, 2.24) is 5.32 Å². The van der Waals surface area contributed by atoms with Crippen LogP contribution in [0.25, 0.3) is 0 Å². The van der Waals surface area contributed by atoms with Crippen molar-refractivity contribution in [3.63, 3.8) is 0 Å². The first-order valence-electron chi connectivity index (χ1n) is 5.81. The zero-order valence-electron chi connectivity index (χ0n) is 10.0. The van der Waals surface area contributed by atoms with Crippen LogP contribution in [0.1, 0.15) is 20.3 Å². The standard InChI is InChI=1S/C13H21NO2/c1-3-11(2)14-9-12(15)10-16-13-7-5-4-6-8-13/h4-8,11-12,14-15H,3,9-10H2,1-2H3/t11-,12+/m0/s1. The summed E-state index contributed by atoms with van der Waals surface area (Å²) in [6.45, 7) is 5.12. The highest BCUT2D eigenvalue weighted by molar-refractivity contribution is 5.20. The highest BCUT2D eigenvalue weighted by Crippen LogP contribution is 2.08. The fraction of sp³-hybridized carbons (Fsp3) is 0.538. The minimum atomic E-state index is -0.464. The van der Waals surface area contributed by atoms with Gasteiger partial charge < -0.3 is 15.2 Å². The van der Waals surface area contributed by atoms with E-state index in [2.05, 4.69) is 19.2 Å². The second-order valence-electron chi connectivity index (χ2n) is 4.00. The molecule has 0 bridgehead atoms. The molecule has 3 nitrogen and oxygen atoms in total. The molecule has 0 unspecified atom stereocenters. The predicted molar refractivity (Wildman–Crippen MR) is 65.7 cm³/mol. The van der Waals surface area contributed by atoms with Crippen molar-refractivity contribution in [3.8, 4) is 5.75 Å². The maximum absolute atomic E-state index is 9.67. The summed E-state index contributed by atoms with van der Waals surface area (Å²) in [7, 11) is 0. The summed E-state index contributed by atoms with van der Waals surface area (Å²) in [5, 5.41) is 12.9. The molecule has 0 spiro atoms. The molecule has 0 aromatic heterocycles. The van der Waals surface area contributed by atoms with Gasteiger partial charge >= 0.3 is 0 Å². The third kappa shape index (κ3) is 5.14. The molecular formula is C13H21NO2. The Kier molecular flexibility index (Phi) is 5.90. The van der Waals surface area contributed by atoms with E-state index >= 15 is 0 Å². The van der Waals surface area contributed by atoms with Gasteiger partial charge in [0.05, 0.1) is 0 Å². The summed E-state index contributed by atoms with van der Waals surface area (Å²) >= 11 is 0. The first kappa shape index (κ1) is 13.0. The van der Waals surface area contributed by atoms with E-state index in [0.29, 0.717) is 19.2 Å². The maximum atomic E-state index is 9.67. The van der Waals surface area contributed by atoms with Gasteiger partial charge in [0, 0.05) is 12.6 Å². The van der Waals surface area contributed by atoms with Crippen LogP contribution < -0.4 is 10.1 Å². The molecule has 90 valence electrons. The van der Waals surface area contributed by atoms with E-state index in [1.54, 1.807) is 0 Å². The number of para-hydroxylation sites is 1. The molecule has 2 atom stereocenters. The Bertz CT molecular complexity index is 277. The van der Waals surface area contributed by atoms with Gasteiger partial charge in [-0.2, -0.15) is 0 Å². The Morgan fingerprint density at radius 1 is 1.31 bits per heavy atom. The molecule has 0 aliphatic carbocycles. The van der Waals surface area contributed by atoms with E-state index in [1.807, 2.05) is 30.3 Å². The van der Waals surface area contributed by atoms with Crippen LogP contribution in [-0.2, 0) is 0 Å². The molecule has 1 rings (SSSR count). The predicted octanol–water partition coefficient (Wildman–Crippen LogP) is 1.81. The van der Waals surface area contributed by atoms with Gasteiger partial charge in [0.25, 0.3) is 0 Å². The lowest BCUT2D eigenvalue weighted by molar-refractivity contribution is 0.104. The molecule has 0 radical (unpaired) electrons. The molecule has 1 aromatic carbocycles. The van der Waals surface area contributed by atoms with E-state index in [4.69, 9.17) is 4.74 Å². The average molecular weight is 223 g/mol. The van der Waals surface area contributed by atoms with Crippen LogP contribution in [0.4, 0.5) is 0 Å². The summed E-state index contributed by atoms with van der Waals surface area (Å²) in [6, 6.07) is 9.97. The lowest BCUT2D eigenvalue weighted by Crippen LogP contribution is -2.36. The van der Waals surface area contributed by atoms with Gasteiger partial charge in [-0.3, -0.25) is 0 Å². The molecular weight excluding hydrogens is 202 g/mol. The number of ether oxygens (including phenoxy) is 1. The quantitative estimate of drug-likeness (QED) is 0.741. The Labute approximate surface area is 97.4 Å². The van der Waals surface area contributed by atoms with Crippen molar-refractivity contribution < 1.29 is 9.84 Å². The molecule has 3 heteroatoms. The van der Waals surface area contributed by atoms with Crippen LogP contribution in [0.15, 0.2) is 30.3 Å². The van der Waals surface area contributed by atoms with Gasteiger partial charge in [0.15, 0.2) is 0 Å². The molecule has 16 heavy (non-hydrogen) atoms. The lowest BCUT2D eigenvalue weighted by Gasteiger charge is -2.16. The van der Waals surface area contributed by atoms with Gasteiger partial charge in [-0.15, -0.1) is 0 Å². The third-order valence-corrected chi connectivity index (χ3v) is 2.50. The van der Waals surface area contributed by atoms with Crippen molar-refractivity contribution in [2.24, 2.45) is 0 Å². The zero-order chi connectivity index (χ0) is 11.8. The van der Waals surface area contributed by atoms with Crippen LogP contribution in [0.2, 0.25) is 0 Å². The second-order valence-corrected chi connectivity index (χ2v) is 4.00. The number of hydrogen-bond donors (Lipinski definition) is 2. The SMILES string of the molecule is CC[C@H](C)NC[C@@H](O)COc1ccccc1. The van der Waals surface area contributed by atoms with E-state index in [0.717, 1.165) is 12.2 Å². The van der Waals surface area contributed by atoms with Gasteiger partial charge in [0.2, 0.25) is 0 Å². The summed E-state index contributed by atoms with van der Waals surface area (Å²) in [6.07, 6.45) is 0.598. The number of nitrogens with one attached hydrogen (secondary N) is 1. The molecule has 0 amide bonds. The monoisotopic (exact) mass is 223 g/mol. The lowest BCUT2D eigenvalue weighted by atomic mass is 10.2. The van der Waals surface area contributed by atoms with E-state index in [1.165, 1.54) is 0 Å². The molecule has 0 heterocycles. The van der Waals surface area contributed by atoms with Gasteiger partial charge in [-0.1, -0.05) is 25.1 Å². The molecule has 2 N–H and O–H groups in total. The summed E-state index contributed by atoms with van der Waals surface area (Å²) in [5.41, 5.74) is 0. The Morgan fingerprint density at radius 3 is 2.62 bits per heavy atom. The topological polar surface area (TPSA) is 41.5 Å². The summed E-state index contributed by atoms with van der Waals surface area (Å²) in [4.78, 5) is 0. The van der Waals surface area contributed by atoms with Gasteiger partial charge in [-0.05, 0) is 25.5 Å². The number of hydrogen-bond acceptors (Lipinski definition) is 3. The first-order valence-corrected chi connectivity index (χ1v) is 5.81. The molecule has 0 saturated carbocycles. The van der Waals surface area contributed by atoms with Crippen molar-refractivity contribution in [2.75, 3.05) is 13.2 Å². The molecule has 0 fully saturated rings. The highest BCUT2D eigenvalue weighted by Gasteiger charge is 2.06. The van der Waals surface area contributed by atoms with Gasteiger partial charge in [0.1, 0.15) is 18.5 Å². The van der Waals surface area contributed by atoms with Crippen LogP contribution >= 0.6 is 0 Å². The zero-order valence-corrected chi connectivity index (χ0v) is 10.0. The van der Waals surface area contributed by atoms with Crippen LogP contribution in [0, 0.1) is 0 Å². The third-order valence-electron chi connectivity index (χ3n) is 2.50. The number of aliphatic hydroxyl groups is 1. The normalized spacial score (nSPS) is 14.4. The summed E-state index contributed by atoms with van der Waals surface area (Å²) < 4.78 is 5.44. The number of rotatable bonds is 7. The van der Waals surface area contributed by atoms with Crippen LogP contribution in [-0.4, -0.2) is 30.4 Å². The molecule has 0 aliphatic heterocycles. The van der Waals surface area contributed by atoms with Crippen molar-refractivity contribution in [3.05, 3.63) is 30.3 Å². The van der Waals surface area contributed by atoms with E-state index < -0.39 is 6.10 Å². The fourth-order valence-corrected chi connectivity index (χ4v) is 1.25. The second kappa shape index (κ2) is 7.25. The maximum Gasteiger partial charge on any atom is 0.119 e. The van der Waals surface area contributed by atoms with Gasteiger partial charge in [-0.25, -0.2) is 0 Å².